The van der Waals surface area contributed by atoms with E-state index in [2.05, 4.69) is 16.9 Å². The Morgan fingerprint density at radius 3 is 2.30 bits per heavy atom. The van der Waals surface area contributed by atoms with Crippen LogP contribution in [0.4, 0.5) is 5.69 Å². The molecule has 0 atom stereocenters. The van der Waals surface area contributed by atoms with E-state index in [1.54, 1.807) is 15.8 Å². The Bertz CT molecular complexity index is 1030. The van der Waals surface area contributed by atoms with Gasteiger partial charge in [0, 0.05) is 62.7 Å². The molecule has 10 heteroatoms. The van der Waals surface area contributed by atoms with E-state index in [1.165, 1.54) is 4.31 Å². The van der Waals surface area contributed by atoms with Crippen LogP contribution in [-0.2, 0) is 16.6 Å². The molecule has 1 amide bonds. The third-order valence-corrected chi connectivity index (χ3v) is 7.96. The largest absolute Gasteiger partial charge is 0.369 e. The number of aromatic nitrogens is 2. The minimum atomic E-state index is -3.90. The molecule has 182 valence electrons. The zero-order valence-electron chi connectivity index (χ0n) is 19.7. The number of unbranched alkanes of at least 4 members (excludes halogenated alkanes) is 1. The van der Waals surface area contributed by atoms with E-state index >= 15 is 0 Å². The number of benzene rings is 1. The average Bonchev–Trinajstić information content (AvgIpc) is 3.25. The van der Waals surface area contributed by atoms with Crippen LogP contribution in [0.2, 0.25) is 5.02 Å². The third kappa shape index (κ3) is 5.88. The number of anilines is 1. The molecule has 0 aliphatic carbocycles. The second-order valence-electron chi connectivity index (χ2n) is 8.22. The summed E-state index contributed by atoms with van der Waals surface area (Å²) in [6, 6.07) is 7.53. The van der Waals surface area contributed by atoms with Crippen LogP contribution in [0.3, 0.4) is 0 Å². The summed E-state index contributed by atoms with van der Waals surface area (Å²) >= 11 is 5.98. The van der Waals surface area contributed by atoms with Gasteiger partial charge in [-0.05, 0) is 44.0 Å². The highest BCUT2D eigenvalue weighted by atomic mass is 35.5. The van der Waals surface area contributed by atoms with Gasteiger partial charge in [-0.15, -0.1) is 0 Å². The maximum atomic E-state index is 13.6. The van der Waals surface area contributed by atoms with Crippen molar-refractivity contribution < 1.29 is 13.2 Å². The van der Waals surface area contributed by atoms with Crippen molar-refractivity contribution in [2.75, 3.05) is 44.2 Å². The van der Waals surface area contributed by atoms with Gasteiger partial charge in [0.15, 0.2) is 0 Å². The molecular formula is C23H34ClN5O3S. The van der Waals surface area contributed by atoms with Gasteiger partial charge in [0.25, 0.3) is 15.9 Å². The van der Waals surface area contributed by atoms with Crippen LogP contribution >= 0.6 is 11.6 Å². The molecule has 0 N–H and O–H groups in total. The van der Waals surface area contributed by atoms with Crippen LogP contribution < -0.4 is 4.90 Å². The monoisotopic (exact) mass is 495 g/mol. The average molecular weight is 496 g/mol. The number of piperazine rings is 1. The second kappa shape index (κ2) is 11.4. The highest BCUT2D eigenvalue weighted by molar-refractivity contribution is 7.89. The van der Waals surface area contributed by atoms with Crippen molar-refractivity contribution >= 4 is 33.2 Å². The Morgan fingerprint density at radius 1 is 1.06 bits per heavy atom. The van der Waals surface area contributed by atoms with E-state index in [4.69, 9.17) is 11.6 Å². The van der Waals surface area contributed by atoms with Crippen molar-refractivity contribution in [3.63, 3.8) is 0 Å². The van der Waals surface area contributed by atoms with Crippen LogP contribution in [0.25, 0.3) is 0 Å². The van der Waals surface area contributed by atoms with Gasteiger partial charge >= 0.3 is 0 Å². The van der Waals surface area contributed by atoms with Crippen LogP contribution in [0, 0.1) is 0 Å². The Balaban J connectivity index is 1.83. The summed E-state index contributed by atoms with van der Waals surface area (Å²) in [5, 5.41) is 4.90. The van der Waals surface area contributed by atoms with E-state index in [0.29, 0.717) is 50.8 Å². The van der Waals surface area contributed by atoms with Gasteiger partial charge in [-0.1, -0.05) is 31.9 Å². The van der Waals surface area contributed by atoms with Gasteiger partial charge in [0.05, 0.1) is 5.56 Å². The van der Waals surface area contributed by atoms with Crippen molar-refractivity contribution in [3.05, 3.63) is 41.0 Å². The van der Waals surface area contributed by atoms with E-state index < -0.39 is 10.0 Å². The summed E-state index contributed by atoms with van der Waals surface area (Å²) in [5.41, 5.74) is 1.18. The summed E-state index contributed by atoms with van der Waals surface area (Å²) < 4.78 is 30.2. The maximum absolute atomic E-state index is 13.6. The minimum Gasteiger partial charge on any atom is -0.369 e. The molecule has 1 saturated heterocycles. The molecule has 1 aromatic carbocycles. The molecule has 2 aromatic rings. The van der Waals surface area contributed by atoms with E-state index in [9.17, 15) is 13.2 Å². The van der Waals surface area contributed by atoms with Crippen molar-refractivity contribution in [3.8, 4) is 0 Å². The molecule has 0 spiro atoms. The number of nitrogens with zero attached hydrogens (tertiary/aromatic N) is 5. The van der Waals surface area contributed by atoms with Crippen molar-refractivity contribution in [2.24, 2.45) is 0 Å². The molecule has 3 rings (SSSR count). The number of sulfonamides is 1. The third-order valence-electron chi connectivity index (χ3n) is 5.88. The Labute approximate surface area is 202 Å². The van der Waals surface area contributed by atoms with Crippen molar-refractivity contribution in [1.82, 2.24) is 19.0 Å². The van der Waals surface area contributed by atoms with Gasteiger partial charge in [0.1, 0.15) is 0 Å². The topological polar surface area (TPSA) is 78.8 Å². The van der Waals surface area contributed by atoms with Crippen LogP contribution in [0.1, 0.15) is 50.4 Å². The SMILES string of the molecule is CCCCN(CC)C(=O)c1cn(CCC)nc1S(=O)(=O)N1CCN(c2ccc(Cl)cc2)CC1. The molecule has 0 saturated carbocycles. The molecule has 0 unspecified atom stereocenters. The lowest BCUT2D eigenvalue weighted by atomic mass is 10.2. The maximum Gasteiger partial charge on any atom is 0.263 e. The Hall–Kier alpha value is -2.10. The van der Waals surface area contributed by atoms with Gasteiger partial charge in [-0.2, -0.15) is 9.40 Å². The van der Waals surface area contributed by atoms with Gasteiger partial charge in [0.2, 0.25) is 5.03 Å². The normalized spacial score (nSPS) is 15.1. The first kappa shape index (κ1) is 25.5. The first-order valence-corrected chi connectivity index (χ1v) is 13.5. The lowest BCUT2D eigenvalue weighted by Crippen LogP contribution is -2.49. The van der Waals surface area contributed by atoms with Crippen LogP contribution in [0.15, 0.2) is 35.5 Å². The van der Waals surface area contributed by atoms with E-state index in [-0.39, 0.29) is 16.5 Å². The summed E-state index contributed by atoms with van der Waals surface area (Å²) in [5.74, 6) is -0.272. The standard InChI is InChI=1S/C23H34ClN5O3S/c1-4-7-13-26(6-3)23(30)21-18-28(12-5-2)25-22(21)33(31,32)29-16-14-27(15-17-29)20-10-8-19(24)9-11-20/h8-11,18H,4-7,12-17H2,1-3H3. The molecule has 1 aliphatic heterocycles. The number of rotatable bonds is 10. The molecular weight excluding hydrogens is 462 g/mol. The minimum absolute atomic E-state index is 0.129. The molecule has 8 nitrogen and oxygen atoms in total. The molecule has 0 bridgehead atoms. The number of halogens is 1. The number of carbonyl (C=O) groups excluding carboxylic acids is 1. The quantitative estimate of drug-likeness (QED) is 0.502. The Kier molecular flexibility index (Phi) is 8.78. The predicted molar refractivity (Wildman–Crippen MR) is 131 cm³/mol. The highest BCUT2D eigenvalue weighted by Gasteiger charge is 2.35. The van der Waals surface area contributed by atoms with Gasteiger partial charge in [-0.25, -0.2) is 8.42 Å². The van der Waals surface area contributed by atoms with Crippen LogP contribution in [-0.4, -0.2) is 72.6 Å². The molecule has 1 fully saturated rings. The fourth-order valence-electron chi connectivity index (χ4n) is 3.97. The lowest BCUT2D eigenvalue weighted by Gasteiger charge is -2.35. The summed E-state index contributed by atoms with van der Waals surface area (Å²) in [4.78, 5) is 17.1. The lowest BCUT2D eigenvalue weighted by molar-refractivity contribution is 0.0758. The fourth-order valence-corrected chi connectivity index (χ4v) is 5.61. The zero-order valence-corrected chi connectivity index (χ0v) is 21.3. The van der Waals surface area contributed by atoms with E-state index in [1.807, 2.05) is 38.1 Å². The first-order chi connectivity index (χ1) is 15.8. The molecule has 0 radical (unpaired) electrons. The van der Waals surface area contributed by atoms with Crippen molar-refractivity contribution in [2.45, 2.75) is 51.6 Å². The number of carbonyl (C=O) groups is 1. The molecule has 1 aliphatic rings. The Morgan fingerprint density at radius 2 is 1.73 bits per heavy atom. The van der Waals surface area contributed by atoms with Crippen LogP contribution in [0.5, 0.6) is 0 Å². The number of hydrogen-bond donors (Lipinski definition) is 0. The number of amides is 1. The van der Waals surface area contributed by atoms with Crippen molar-refractivity contribution in [1.29, 1.82) is 0 Å². The predicted octanol–water partition coefficient (Wildman–Crippen LogP) is 3.72. The zero-order chi connectivity index (χ0) is 24.0. The fraction of sp³-hybridized carbons (Fsp3) is 0.565. The summed E-state index contributed by atoms with van der Waals surface area (Å²) in [7, 11) is -3.90. The van der Waals surface area contributed by atoms with Gasteiger partial charge < -0.3 is 9.80 Å². The number of aryl methyl sites for hydroxylation is 1. The van der Waals surface area contributed by atoms with Gasteiger partial charge in [-0.3, -0.25) is 9.48 Å². The number of hydrogen-bond acceptors (Lipinski definition) is 5. The highest BCUT2D eigenvalue weighted by Crippen LogP contribution is 2.25. The van der Waals surface area contributed by atoms with E-state index in [0.717, 1.165) is 24.9 Å². The summed E-state index contributed by atoms with van der Waals surface area (Å²) in [6.45, 7) is 9.41. The molecule has 33 heavy (non-hydrogen) atoms. The second-order valence-corrected chi connectivity index (χ2v) is 10.5. The smallest absolute Gasteiger partial charge is 0.263 e. The first-order valence-electron chi connectivity index (χ1n) is 11.7. The molecule has 1 aromatic heterocycles. The molecule has 2 heterocycles. The summed E-state index contributed by atoms with van der Waals surface area (Å²) in [6.07, 6.45) is 4.22.